The molecule has 0 bridgehead atoms. The van der Waals surface area contributed by atoms with Crippen molar-refractivity contribution in [2.45, 2.75) is 39.5 Å². The van der Waals surface area contributed by atoms with Crippen molar-refractivity contribution in [3.8, 4) is 0 Å². The number of carbonyl (C=O) groups excluding carboxylic acids is 1. The Balaban J connectivity index is 0.00000341. The summed E-state index contributed by atoms with van der Waals surface area (Å²) in [6.07, 6.45) is 1.65. The molecule has 0 radical (unpaired) electrons. The van der Waals surface area contributed by atoms with Gasteiger partial charge >= 0.3 is 0 Å². The van der Waals surface area contributed by atoms with Gasteiger partial charge in [-0.2, -0.15) is 0 Å². The first-order valence-electron chi connectivity index (χ1n) is 10.7. The van der Waals surface area contributed by atoms with Crippen molar-refractivity contribution in [3.05, 3.63) is 71.3 Å². The van der Waals surface area contributed by atoms with Crippen LogP contribution in [0.25, 0.3) is 0 Å². The molecule has 0 aromatic heterocycles. The fourth-order valence-electron chi connectivity index (χ4n) is 3.44. The summed E-state index contributed by atoms with van der Waals surface area (Å²) in [4.78, 5) is 18.5. The highest BCUT2D eigenvalue weighted by molar-refractivity contribution is 14.0. The molecule has 0 unspecified atom stereocenters. The number of amides is 1. The van der Waals surface area contributed by atoms with Crippen molar-refractivity contribution in [3.63, 3.8) is 0 Å². The van der Waals surface area contributed by atoms with Crippen LogP contribution in [0.5, 0.6) is 0 Å². The number of halogens is 1. The van der Waals surface area contributed by atoms with Crippen molar-refractivity contribution in [2.24, 2.45) is 4.99 Å². The molecule has 2 aromatic rings. The topological polar surface area (TPSA) is 66.0 Å². The minimum absolute atomic E-state index is 0. The average Bonchev–Trinajstić information content (AvgIpc) is 3.17. The van der Waals surface area contributed by atoms with Crippen LogP contribution in [-0.4, -0.2) is 43.0 Å². The molecular weight excluding hydrogens is 503 g/mol. The lowest BCUT2D eigenvalue weighted by atomic mass is 10.1. The van der Waals surface area contributed by atoms with Gasteiger partial charge in [-0.25, -0.2) is 4.99 Å². The lowest BCUT2D eigenvalue weighted by molar-refractivity contribution is -0.128. The van der Waals surface area contributed by atoms with Gasteiger partial charge < -0.3 is 20.3 Å². The highest BCUT2D eigenvalue weighted by Crippen LogP contribution is 2.15. The van der Waals surface area contributed by atoms with Crippen LogP contribution >= 0.6 is 24.0 Å². The van der Waals surface area contributed by atoms with Crippen LogP contribution in [0.3, 0.4) is 0 Å². The zero-order valence-corrected chi connectivity index (χ0v) is 20.5. The van der Waals surface area contributed by atoms with E-state index in [0.717, 1.165) is 36.6 Å². The van der Waals surface area contributed by atoms with Crippen LogP contribution in [0.2, 0.25) is 0 Å². The van der Waals surface area contributed by atoms with E-state index in [4.69, 9.17) is 4.74 Å². The number of carbonyl (C=O) groups is 1. The van der Waals surface area contributed by atoms with Gasteiger partial charge in [0.1, 0.15) is 0 Å². The zero-order chi connectivity index (χ0) is 21.0. The maximum atomic E-state index is 11.9. The van der Waals surface area contributed by atoms with Gasteiger partial charge in [-0.3, -0.25) is 4.79 Å². The lowest BCUT2D eigenvalue weighted by Crippen LogP contribution is -2.38. The summed E-state index contributed by atoms with van der Waals surface area (Å²) >= 11 is 0. The molecule has 7 heteroatoms. The van der Waals surface area contributed by atoms with Gasteiger partial charge in [-0.1, -0.05) is 54.6 Å². The molecule has 2 N–H and O–H groups in total. The van der Waals surface area contributed by atoms with E-state index in [1.54, 1.807) is 0 Å². The Labute approximate surface area is 202 Å². The first-order valence-corrected chi connectivity index (χ1v) is 10.7. The molecule has 31 heavy (non-hydrogen) atoms. The fraction of sp³-hybridized carbons (Fsp3) is 0.417. The van der Waals surface area contributed by atoms with Crippen LogP contribution in [0.1, 0.15) is 36.5 Å². The van der Waals surface area contributed by atoms with Gasteiger partial charge in [0.05, 0.1) is 19.8 Å². The molecule has 168 valence electrons. The van der Waals surface area contributed by atoms with Gasteiger partial charge in [0.25, 0.3) is 0 Å². The van der Waals surface area contributed by atoms with Gasteiger partial charge in [-0.05, 0) is 30.0 Å². The molecule has 0 aliphatic carbocycles. The molecule has 0 atom stereocenters. The van der Waals surface area contributed by atoms with E-state index in [-0.39, 0.29) is 29.9 Å². The van der Waals surface area contributed by atoms with Gasteiger partial charge in [0.15, 0.2) is 5.96 Å². The lowest BCUT2D eigenvalue weighted by Gasteiger charge is -2.16. The largest absolute Gasteiger partial charge is 0.375 e. The molecule has 1 saturated heterocycles. The van der Waals surface area contributed by atoms with Gasteiger partial charge in [0.2, 0.25) is 5.91 Å². The number of ether oxygens (including phenoxy) is 1. The molecule has 1 fully saturated rings. The van der Waals surface area contributed by atoms with Crippen molar-refractivity contribution in [2.75, 3.05) is 26.2 Å². The number of rotatable bonds is 10. The molecule has 1 aliphatic rings. The molecular formula is C24H33IN4O2. The highest BCUT2D eigenvalue weighted by Gasteiger charge is 2.19. The van der Waals surface area contributed by atoms with Crippen LogP contribution in [0, 0.1) is 0 Å². The first-order chi connectivity index (χ1) is 14.7. The Hall–Kier alpha value is -2.13. The Morgan fingerprint density at radius 3 is 2.58 bits per heavy atom. The highest BCUT2D eigenvalue weighted by atomic mass is 127. The number of aliphatic imine (C=N–C) groups is 1. The molecule has 0 saturated carbocycles. The molecule has 0 spiro atoms. The number of benzene rings is 2. The second kappa shape index (κ2) is 14.0. The third-order valence-electron chi connectivity index (χ3n) is 4.95. The Kier molecular flexibility index (Phi) is 11.4. The van der Waals surface area contributed by atoms with Crippen LogP contribution in [-0.2, 0) is 29.2 Å². The quantitative estimate of drug-likeness (QED) is 0.211. The van der Waals surface area contributed by atoms with E-state index in [2.05, 4.69) is 52.9 Å². The molecule has 1 aliphatic heterocycles. The predicted octanol–water partition coefficient (Wildman–Crippen LogP) is 3.70. The second-order valence-corrected chi connectivity index (χ2v) is 7.40. The van der Waals surface area contributed by atoms with E-state index < -0.39 is 0 Å². The summed E-state index contributed by atoms with van der Waals surface area (Å²) < 4.78 is 5.72. The summed E-state index contributed by atoms with van der Waals surface area (Å²) in [5.74, 6) is 1.03. The summed E-state index contributed by atoms with van der Waals surface area (Å²) in [5, 5.41) is 6.59. The maximum Gasteiger partial charge on any atom is 0.222 e. The van der Waals surface area contributed by atoms with Crippen molar-refractivity contribution < 1.29 is 9.53 Å². The minimum atomic E-state index is 0. The monoisotopic (exact) mass is 536 g/mol. The number of nitrogens with one attached hydrogen (secondary N) is 2. The van der Waals surface area contributed by atoms with Crippen LogP contribution < -0.4 is 10.6 Å². The van der Waals surface area contributed by atoms with Crippen molar-refractivity contribution in [1.82, 2.24) is 15.5 Å². The summed E-state index contributed by atoms with van der Waals surface area (Å²) in [7, 11) is 0. The molecule has 3 rings (SSSR count). The van der Waals surface area contributed by atoms with E-state index in [0.29, 0.717) is 39.3 Å². The van der Waals surface area contributed by atoms with E-state index in [9.17, 15) is 4.79 Å². The smallest absolute Gasteiger partial charge is 0.222 e. The number of guanidine groups is 1. The third-order valence-corrected chi connectivity index (χ3v) is 4.95. The SMILES string of the molecule is CCNC(=NCc1cccc(CN2CCCC2=O)c1)NCCOCc1ccccc1.I. The maximum absolute atomic E-state index is 11.9. The minimum Gasteiger partial charge on any atom is -0.375 e. The van der Waals surface area contributed by atoms with Crippen molar-refractivity contribution in [1.29, 1.82) is 0 Å². The normalized spacial score (nSPS) is 13.8. The third kappa shape index (κ3) is 8.86. The molecule has 6 nitrogen and oxygen atoms in total. The Morgan fingerprint density at radius 2 is 1.84 bits per heavy atom. The zero-order valence-electron chi connectivity index (χ0n) is 18.2. The van der Waals surface area contributed by atoms with E-state index >= 15 is 0 Å². The summed E-state index contributed by atoms with van der Waals surface area (Å²) in [5.41, 5.74) is 3.47. The van der Waals surface area contributed by atoms with Crippen LogP contribution in [0.4, 0.5) is 0 Å². The molecule has 2 aromatic carbocycles. The number of likely N-dealkylation sites (tertiary alicyclic amines) is 1. The van der Waals surface area contributed by atoms with Crippen LogP contribution in [0.15, 0.2) is 59.6 Å². The van der Waals surface area contributed by atoms with Crippen molar-refractivity contribution >= 4 is 35.8 Å². The average molecular weight is 536 g/mol. The number of hydrogen-bond donors (Lipinski definition) is 2. The second-order valence-electron chi connectivity index (χ2n) is 7.40. The van der Waals surface area contributed by atoms with Gasteiger partial charge in [-0.15, -0.1) is 24.0 Å². The Morgan fingerprint density at radius 1 is 1.06 bits per heavy atom. The summed E-state index contributed by atoms with van der Waals surface area (Å²) in [6.45, 7) is 6.90. The Bertz CT molecular complexity index is 829. The van der Waals surface area contributed by atoms with E-state index in [1.165, 1.54) is 5.56 Å². The summed E-state index contributed by atoms with van der Waals surface area (Å²) in [6, 6.07) is 18.5. The number of nitrogens with zero attached hydrogens (tertiary/aromatic N) is 2. The number of hydrogen-bond acceptors (Lipinski definition) is 3. The first kappa shape index (κ1) is 25.1. The van der Waals surface area contributed by atoms with Gasteiger partial charge in [0, 0.05) is 32.6 Å². The standard InChI is InChI=1S/C24H32N4O2.HI/c1-2-25-24(26-13-15-30-19-20-8-4-3-5-9-20)27-17-21-10-6-11-22(16-21)18-28-14-7-12-23(28)29;/h3-6,8-11,16H,2,7,12-15,17-19H2,1H3,(H2,25,26,27);1H. The predicted molar refractivity (Wildman–Crippen MR) is 135 cm³/mol. The molecule has 1 heterocycles. The molecule has 1 amide bonds. The van der Waals surface area contributed by atoms with E-state index in [1.807, 2.05) is 29.2 Å². The fourth-order valence-corrected chi connectivity index (χ4v) is 3.44.